The Balaban J connectivity index is 1.43. The van der Waals surface area contributed by atoms with E-state index in [1.165, 1.54) is 15.6 Å². The number of carbonyl (C=O) groups excluding carboxylic acids is 1. The van der Waals surface area contributed by atoms with E-state index < -0.39 is 10.0 Å². The SMILES string of the molecule is CCCCc1oc2ccccc2c1CN(C)C(=O)C1CCN(S(=O)(=O)c2cccs2)CC1. The quantitative estimate of drug-likeness (QED) is 0.466. The predicted octanol–water partition coefficient (Wildman–Crippen LogP) is 4.90. The molecule has 32 heavy (non-hydrogen) atoms. The molecule has 1 aliphatic heterocycles. The molecule has 8 heteroatoms. The third kappa shape index (κ3) is 4.63. The Bertz CT molecular complexity index is 1160. The van der Waals surface area contributed by atoms with Gasteiger partial charge in [-0.05, 0) is 36.8 Å². The van der Waals surface area contributed by atoms with Gasteiger partial charge in [0.15, 0.2) is 0 Å². The molecule has 3 heterocycles. The van der Waals surface area contributed by atoms with Gasteiger partial charge in [0.25, 0.3) is 10.0 Å². The van der Waals surface area contributed by atoms with Gasteiger partial charge in [0.1, 0.15) is 15.6 Å². The van der Waals surface area contributed by atoms with E-state index in [9.17, 15) is 13.2 Å². The second kappa shape index (κ2) is 9.77. The van der Waals surface area contributed by atoms with E-state index in [1.54, 1.807) is 22.4 Å². The predicted molar refractivity (Wildman–Crippen MR) is 127 cm³/mol. The molecule has 172 valence electrons. The lowest BCUT2D eigenvalue weighted by Gasteiger charge is -2.32. The van der Waals surface area contributed by atoms with Gasteiger partial charge >= 0.3 is 0 Å². The highest BCUT2D eigenvalue weighted by molar-refractivity contribution is 7.91. The number of sulfonamides is 1. The lowest BCUT2D eigenvalue weighted by Crippen LogP contribution is -2.43. The molecule has 0 spiro atoms. The van der Waals surface area contributed by atoms with Crippen LogP contribution in [0.3, 0.4) is 0 Å². The minimum absolute atomic E-state index is 0.0740. The summed E-state index contributed by atoms with van der Waals surface area (Å²) in [7, 11) is -1.62. The van der Waals surface area contributed by atoms with Crippen LogP contribution in [-0.2, 0) is 27.8 Å². The molecule has 0 bridgehead atoms. The van der Waals surface area contributed by atoms with Crippen LogP contribution in [0.2, 0.25) is 0 Å². The number of amides is 1. The first-order valence-corrected chi connectivity index (χ1v) is 13.5. The van der Waals surface area contributed by atoms with Gasteiger partial charge in [-0.3, -0.25) is 4.79 Å². The molecule has 0 N–H and O–H groups in total. The maximum atomic E-state index is 13.2. The van der Waals surface area contributed by atoms with Crippen molar-refractivity contribution in [2.24, 2.45) is 5.92 Å². The average Bonchev–Trinajstić information content (AvgIpc) is 3.46. The smallest absolute Gasteiger partial charge is 0.252 e. The number of hydrogen-bond donors (Lipinski definition) is 0. The van der Waals surface area contributed by atoms with Crippen molar-refractivity contribution in [3.63, 3.8) is 0 Å². The molecule has 6 nitrogen and oxygen atoms in total. The van der Waals surface area contributed by atoms with E-state index in [2.05, 4.69) is 13.0 Å². The highest BCUT2D eigenvalue weighted by Gasteiger charge is 2.34. The molecular weight excluding hydrogens is 444 g/mol. The van der Waals surface area contributed by atoms with Gasteiger partial charge in [-0.2, -0.15) is 4.31 Å². The summed E-state index contributed by atoms with van der Waals surface area (Å²) in [5.74, 6) is 0.876. The van der Waals surface area contributed by atoms with Crippen molar-refractivity contribution in [1.29, 1.82) is 0 Å². The second-order valence-corrected chi connectivity index (χ2v) is 11.5. The summed E-state index contributed by atoms with van der Waals surface area (Å²) < 4.78 is 33.5. The minimum Gasteiger partial charge on any atom is -0.461 e. The Morgan fingerprint density at radius 3 is 2.62 bits per heavy atom. The van der Waals surface area contributed by atoms with Crippen molar-refractivity contribution < 1.29 is 17.6 Å². The molecule has 0 unspecified atom stereocenters. The summed E-state index contributed by atoms with van der Waals surface area (Å²) in [5, 5.41) is 2.84. The Hall–Kier alpha value is -2.16. The van der Waals surface area contributed by atoms with Crippen molar-refractivity contribution in [2.45, 2.75) is 49.8 Å². The fourth-order valence-corrected chi connectivity index (χ4v) is 6.98. The number of unbranched alkanes of at least 4 members (excludes halogenated alkanes) is 1. The fourth-order valence-electron chi connectivity index (χ4n) is 4.37. The van der Waals surface area contributed by atoms with E-state index in [0.717, 1.165) is 41.6 Å². The molecule has 2 aromatic heterocycles. The van der Waals surface area contributed by atoms with Gasteiger partial charge in [-0.1, -0.05) is 37.6 Å². The van der Waals surface area contributed by atoms with Crippen LogP contribution < -0.4 is 0 Å². The lowest BCUT2D eigenvalue weighted by molar-refractivity contribution is -0.135. The molecule has 0 saturated carbocycles. The number of para-hydroxylation sites is 1. The maximum absolute atomic E-state index is 13.2. The molecule has 4 rings (SSSR count). The average molecular weight is 475 g/mol. The first kappa shape index (κ1) is 23.0. The molecule has 0 aliphatic carbocycles. The van der Waals surface area contributed by atoms with Crippen LogP contribution in [0.15, 0.2) is 50.4 Å². The monoisotopic (exact) mass is 474 g/mol. The van der Waals surface area contributed by atoms with Gasteiger partial charge < -0.3 is 9.32 Å². The molecule has 0 radical (unpaired) electrons. The van der Waals surface area contributed by atoms with Crippen molar-refractivity contribution >= 4 is 38.2 Å². The number of rotatable bonds is 8. The van der Waals surface area contributed by atoms with Gasteiger partial charge in [0.05, 0.1) is 0 Å². The van der Waals surface area contributed by atoms with Gasteiger partial charge in [-0.25, -0.2) is 8.42 Å². The van der Waals surface area contributed by atoms with Gasteiger partial charge in [-0.15, -0.1) is 11.3 Å². The molecule has 1 aliphatic rings. The summed E-state index contributed by atoms with van der Waals surface area (Å²) in [6, 6.07) is 11.4. The van der Waals surface area contributed by atoms with Gasteiger partial charge in [0, 0.05) is 50.0 Å². The Morgan fingerprint density at radius 2 is 1.94 bits per heavy atom. The van der Waals surface area contributed by atoms with Crippen molar-refractivity contribution in [3.05, 3.63) is 53.1 Å². The summed E-state index contributed by atoms with van der Waals surface area (Å²) in [5.41, 5.74) is 1.95. The molecule has 3 aromatic rings. The summed E-state index contributed by atoms with van der Waals surface area (Å²) >= 11 is 1.23. The van der Waals surface area contributed by atoms with E-state index >= 15 is 0 Å². The zero-order chi connectivity index (χ0) is 22.7. The normalized spacial score (nSPS) is 15.9. The number of benzene rings is 1. The van der Waals surface area contributed by atoms with Crippen LogP contribution in [0.4, 0.5) is 0 Å². The number of hydrogen-bond acceptors (Lipinski definition) is 5. The summed E-state index contributed by atoms with van der Waals surface area (Å²) in [6.07, 6.45) is 4.08. The van der Waals surface area contributed by atoms with Crippen LogP contribution in [0.25, 0.3) is 11.0 Å². The molecule has 1 amide bonds. The lowest BCUT2D eigenvalue weighted by atomic mass is 9.96. The van der Waals surface area contributed by atoms with Crippen LogP contribution in [0, 0.1) is 5.92 Å². The zero-order valence-corrected chi connectivity index (χ0v) is 20.3. The molecule has 1 saturated heterocycles. The van der Waals surface area contributed by atoms with Crippen molar-refractivity contribution in [1.82, 2.24) is 9.21 Å². The zero-order valence-electron chi connectivity index (χ0n) is 18.6. The molecule has 0 atom stereocenters. The van der Waals surface area contributed by atoms with Crippen LogP contribution in [-0.4, -0.2) is 43.7 Å². The van der Waals surface area contributed by atoms with Gasteiger partial charge in [0.2, 0.25) is 5.91 Å². The third-order valence-electron chi connectivity index (χ3n) is 6.20. The summed E-state index contributed by atoms with van der Waals surface area (Å²) in [4.78, 5) is 15.0. The van der Waals surface area contributed by atoms with Crippen LogP contribution in [0.5, 0.6) is 0 Å². The summed E-state index contributed by atoms with van der Waals surface area (Å²) in [6.45, 7) is 3.41. The molecule has 1 aromatic carbocycles. The number of carbonyl (C=O) groups is 1. The van der Waals surface area contributed by atoms with E-state index in [1.807, 2.05) is 25.2 Å². The number of aryl methyl sites for hydroxylation is 1. The van der Waals surface area contributed by atoms with E-state index in [-0.39, 0.29) is 11.8 Å². The third-order valence-corrected chi connectivity index (χ3v) is 9.47. The maximum Gasteiger partial charge on any atom is 0.252 e. The number of thiophene rings is 1. The Kier molecular flexibility index (Phi) is 7.02. The molecular formula is C24H30N2O4S2. The highest BCUT2D eigenvalue weighted by Crippen LogP contribution is 2.30. The highest BCUT2D eigenvalue weighted by atomic mass is 32.2. The van der Waals surface area contributed by atoms with Crippen molar-refractivity contribution in [2.75, 3.05) is 20.1 Å². The first-order valence-electron chi connectivity index (χ1n) is 11.2. The second-order valence-electron chi connectivity index (χ2n) is 8.41. The van der Waals surface area contributed by atoms with Crippen LogP contribution in [0.1, 0.15) is 43.9 Å². The fraction of sp³-hybridized carbons (Fsp3) is 0.458. The number of piperidine rings is 1. The minimum atomic E-state index is -3.45. The molecule has 1 fully saturated rings. The van der Waals surface area contributed by atoms with E-state index in [0.29, 0.717) is 36.7 Å². The van der Waals surface area contributed by atoms with Crippen LogP contribution >= 0.6 is 11.3 Å². The Labute approximate surface area is 193 Å². The van der Waals surface area contributed by atoms with E-state index in [4.69, 9.17) is 4.42 Å². The Morgan fingerprint density at radius 1 is 1.19 bits per heavy atom. The topological polar surface area (TPSA) is 70.8 Å². The first-order chi connectivity index (χ1) is 15.4. The standard InChI is InChI=1S/C24H30N2O4S2/c1-3-4-9-22-20(19-8-5-6-10-21(19)30-22)17-25(2)24(27)18-12-14-26(15-13-18)32(28,29)23-11-7-16-31-23/h5-8,10-11,16,18H,3-4,9,12-15,17H2,1-2H3. The largest absolute Gasteiger partial charge is 0.461 e. The number of furan rings is 1. The number of nitrogens with zero attached hydrogens (tertiary/aromatic N) is 2. The van der Waals surface area contributed by atoms with Crippen molar-refractivity contribution in [3.8, 4) is 0 Å². The number of fused-ring (bicyclic) bond motifs is 1.